The van der Waals surface area contributed by atoms with Crippen LogP contribution in [-0.4, -0.2) is 47.4 Å². The van der Waals surface area contributed by atoms with Gasteiger partial charge in [0, 0.05) is 25.2 Å². The van der Waals surface area contributed by atoms with Gasteiger partial charge in [0.1, 0.15) is 0 Å². The van der Waals surface area contributed by atoms with Crippen molar-refractivity contribution in [2.45, 2.75) is 65.2 Å². The molecule has 0 saturated heterocycles. The summed E-state index contributed by atoms with van der Waals surface area (Å²) in [6.07, 6.45) is 0.575. The lowest BCUT2D eigenvalue weighted by Crippen LogP contribution is -2.45. The van der Waals surface area contributed by atoms with Crippen LogP contribution in [0.1, 0.15) is 45.7 Å². The van der Waals surface area contributed by atoms with Gasteiger partial charge in [-0.1, -0.05) is 24.3 Å². The van der Waals surface area contributed by atoms with Crippen molar-refractivity contribution in [3.63, 3.8) is 0 Å². The van der Waals surface area contributed by atoms with Crippen LogP contribution in [0.15, 0.2) is 24.3 Å². The molecule has 0 aliphatic rings. The average Bonchev–Trinajstić information content (AvgIpc) is 2.46. The Hall–Kier alpha value is -1.39. The van der Waals surface area contributed by atoms with E-state index in [0.717, 1.165) is 12.1 Å². The molecule has 4 nitrogen and oxygen atoms in total. The number of hydrogen-bond acceptors (Lipinski definition) is 3. The lowest BCUT2D eigenvalue weighted by atomic mass is 10.0. The predicted octanol–water partition coefficient (Wildman–Crippen LogP) is 2.65. The van der Waals surface area contributed by atoms with E-state index in [-0.39, 0.29) is 17.5 Å². The quantitative estimate of drug-likeness (QED) is 0.877. The Morgan fingerprint density at radius 1 is 1.09 bits per heavy atom. The molecule has 1 aromatic carbocycles. The highest BCUT2D eigenvalue weighted by molar-refractivity contribution is 5.82. The van der Waals surface area contributed by atoms with Gasteiger partial charge in [-0.05, 0) is 59.2 Å². The summed E-state index contributed by atoms with van der Waals surface area (Å²) in [7, 11) is 3.93. The number of benzene rings is 1. The van der Waals surface area contributed by atoms with Crippen molar-refractivity contribution < 1.29 is 4.79 Å². The first-order valence-corrected chi connectivity index (χ1v) is 8.33. The van der Waals surface area contributed by atoms with Crippen molar-refractivity contribution in [2.75, 3.05) is 14.1 Å². The van der Waals surface area contributed by atoms with Crippen LogP contribution in [0, 0.1) is 0 Å². The van der Waals surface area contributed by atoms with E-state index in [1.807, 2.05) is 13.8 Å². The highest BCUT2D eigenvalue weighted by atomic mass is 16.2. The minimum Gasteiger partial charge on any atom is -0.342 e. The second kappa shape index (κ2) is 7.93. The van der Waals surface area contributed by atoms with E-state index in [4.69, 9.17) is 5.73 Å². The third kappa shape index (κ3) is 5.96. The summed E-state index contributed by atoms with van der Waals surface area (Å²) in [4.78, 5) is 16.2. The van der Waals surface area contributed by atoms with Gasteiger partial charge >= 0.3 is 0 Å². The molecule has 0 aliphatic carbocycles. The van der Waals surface area contributed by atoms with Crippen LogP contribution in [0.2, 0.25) is 0 Å². The van der Waals surface area contributed by atoms with E-state index >= 15 is 0 Å². The molecule has 1 unspecified atom stereocenters. The monoisotopic (exact) mass is 319 g/mol. The maximum absolute atomic E-state index is 12.2. The van der Waals surface area contributed by atoms with E-state index in [1.165, 1.54) is 5.56 Å². The highest BCUT2D eigenvalue weighted by Crippen LogP contribution is 2.16. The molecule has 0 saturated carbocycles. The first-order chi connectivity index (χ1) is 10.5. The Bertz CT molecular complexity index is 502. The van der Waals surface area contributed by atoms with Gasteiger partial charge in [0.15, 0.2) is 0 Å². The topological polar surface area (TPSA) is 49.6 Å². The summed E-state index contributed by atoms with van der Waals surface area (Å²) >= 11 is 0. The van der Waals surface area contributed by atoms with Crippen LogP contribution in [0.3, 0.4) is 0 Å². The number of amides is 1. The van der Waals surface area contributed by atoms with Crippen LogP contribution in [-0.2, 0) is 17.8 Å². The van der Waals surface area contributed by atoms with Gasteiger partial charge in [-0.25, -0.2) is 0 Å². The summed E-state index contributed by atoms with van der Waals surface area (Å²) in [5.74, 6) is -0.00320. The number of rotatable bonds is 6. The molecular weight excluding hydrogens is 286 g/mol. The molecule has 0 heterocycles. The fourth-order valence-corrected chi connectivity index (χ4v) is 2.15. The van der Waals surface area contributed by atoms with Gasteiger partial charge in [-0.3, -0.25) is 9.69 Å². The Morgan fingerprint density at radius 3 is 2.00 bits per heavy atom. The molecule has 0 radical (unpaired) electrons. The molecule has 23 heavy (non-hydrogen) atoms. The number of carbonyl (C=O) groups is 1. The van der Waals surface area contributed by atoms with Gasteiger partial charge in [-0.2, -0.15) is 0 Å². The van der Waals surface area contributed by atoms with E-state index in [9.17, 15) is 4.79 Å². The Labute approximate surface area is 141 Å². The minimum absolute atomic E-state index is 0.00320. The third-order valence-electron chi connectivity index (χ3n) is 4.48. The predicted molar refractivity (Wildman–Crippen MR) is 97.2 cm³/mol. The number of nitrogens with two attached hydrogens (primary N) is 1. The molecule has 1 amide bonds. The molecule has 0 aromatic heterocycles. The summed E-state index contributed by atoms with van der Waals surface area (Å²) in [5, 5.41) is 0. The summed E-state index contributed by atoms with van der Waals surface area (Å²) in [5.41, 5.74) is 8.58. The fraction of sp³-hybridized carbons (Fsp3) is 0.632. The first-order valence-electron chi connectivity index (χ1n) is 8.33. The molecule has 1 atom stereocenters. The largest absolute Gasteiger partial charge is 0.342 e. The summed E-state index contributed by atoms with van der Waals surface area (Å²) < 4.78 is 0. The van der Waals surface area contributed by atoms with Gasteiger partial charge in [0.25, 0.3) is 0 Å². The molecule has 0 spiro atoms. The third-order valence-corrected chi connectivity index (χ3v) is 4.48. The van der Waals surface area contributed by atoms with Crippen LogP contribution < -0.4 is 5.73 Å². The van der Waals surface area contributed by atoms with Crippen molar-refractivity contribution in [3.05, 3.63) is 35.4 Å². The maximum atomic E-state index is 12.2. The molecule has 1 aromatic rings. The molecule has 130 valence electrons. The molecule has 1 rings (SSSR count). The second-order valence-corrected chi connectivity index (χ2v) is 7.70. The molecule has 2 N–H and O–H groups in total. The van der Waals surface area contributed by atoms with Crippen molar-refractivity contribution in [2.24, 2.45) is 5.73 Å². The lowest BCUT2D eigenvalue weighted by Gasteiger charge is -2.32. The zero-order valence-corrected chi connectivity index (χ0v) is 15.8. The van der Waals surface area contributed by atoms with Gasteiger partial charge < -0.3 is 10.6 Å². The standard InChI is InChI=1S/C19H33N3O/c1-14(2)22(7)18(23)17(20)12-15-8-10-16(11-9-15)13-21(6)19(3,4)5/h8-11,14,17H,12-13,20H2,1-7H3. The molecular formula is C19H33N3O. The number of nitrogens with zero attached hydrogens (tertiary/aromatic N) is 2. The highest BCUT2D eigenvalue weighted by Gasteiger charge is 2.20. The average molecular weight is 319 g/mol. The first kappa shape index (κ1) is 19.7. The fourth-order valence-electron chi connectivity index (χ4n) is 2.15. The summed E-state index contributed by atoms with van der Waals surface area (Å²) in [6, 6.07) is 8.10. The Morgan fingerprint density at radius 2 is 1.57 bits per heavy atom. The number of likely N-dealkylation sites (N-methyl/N-ethyl adjacent to an activating group) is 1. The zero-order valence-electron chi connectivity index (χ0n) is 15.8. The smallest absolute Gasteiger partial charge is 0.239 e. The normalized spacial score (nSPS) is 13.5. The molecule has 0 bridgehead atoms. The number of carbonyl (C=O) groups excluding carboxylic acids is 1. The van der Waals surface area contributed by atoms with Gasteiger partial charge in [0.2, 0.25) is 5.91 Å². The van der Waals surface area contributed by atoms with E-state index in [2.05, 4.69) is 57.0 Å². The molecule has 4 heteroatoms. The van der Waals surface area contributed by atoms with Crippen molar-refractivity contribution in [1.82, 2.24) is 9.80 Å². The van der Waals surface area contributed by atoms with E-state index in [1.54, 1.807) is 11.9 Å². The van der Waals surface area contributed by atoms with E-state index in [0.29, 0.717) is 6.42 Å². The number of hydrogen-bond donors (Lipinski definition) is 1. The van der Waals surface area contributed by atoms with Crippen molar-refractivity contribution >= 4 is 5.91 Å². The van der Waals surface area contributed by atoms with E-state index < -0.39 is 6.04 Å². The van der Waals surface area contributed by atoms with Crippen LogP contribution in [0.5, 0.6) is 0 Å². The molecule has 0 fully saturated rings. The van der Waals surface area contributed by atoms with Crippen LogP contribution in [0.4, 0.5) is 0 Å². The van der Waals surface area contributed by atoms with Gasteiger partial charge in [0.05, 0.1) is 6.04 Å². The van der Waals surface area contributed by atoms with Crippen LogP contribution >= 0.6 is 0 Å². The maximum Gasteiger partial charge on any atom is 0.239 e. The zero-order chi connectivity index (χ0) is 17.8. The Balaban J connectivity index is 2.65. The Kier molecular flexibility index (Phi) is 6.78. The van der Waals surface area contributed by atoms with Gasteiger partial charge in [-0.15, -0.1) is 0 Å². The summed E-state index contributed by atoms with van der Waals surface area (Å²) in [6.45, 7) is 11.5. The lowest BCUT2D eigenvalue weighted by molar-refractivity contribution is -0.132. The molecule has 0 aliphatic heterocycles. The van der Waals surface area contributed by atoms with Crippen LogP contribution in [0.25, 0.3) is 0 Å². The minimum atomic E-state index is -0.481. The van der Waals surface area contributed by atoms with Crippen molar-refractivity contribution in [3.8, 4) is 0 Å². The second-order valence-electron chi connectivity index (χ2n) is 7.70. The SMILES string of the molecule is CC(C)N(C)C(=O)C(N)Cc1ccc(CN(C)C(C)(C)C)cc1. The van der Waals surface area contributed by atoms with Crippen molar-refractivity contribution in [1.29, 1.82) is 0 Å².